The Morgan fingerprint density at radius 2 is 1.96 bits per heavy atom. The van der Waals surface area contributed by atoms with Crippen LogP contribution in [-0.2, 0) is 14.4 Å². The second kappa shape index (κ2) is 6.36. The fraction of sp³-hybridized carbons (Fsp3) is 0.762. The number of aliphatic hydroxyl groups is 1. The molecule has 7 heteroatoms. The first-order valence-corrected chi connectivity index (χ1v) is 10.7. The number of fused-ring (bicyclic) bond motifs is 5. The Morgan fingerprint density at radius 3 is 2.61 bits per heavy atom. The van der Waals surface area contributed by atoms with Crippen molar-refractivity contribution in [2.24, 2.45) is 28.6 Å². The van der Waals surface area contributed by atoms with Gasteiger partial charge in [0.2, 0.25) is 0 Å². The molecule has 3 fully saturated rings. The Labute approximate surface area is 173 Å². The zero-order valence-corrected chi connectivity index (χ0v) is 17.5. The number of carbonyl (C=O) groups excluding carboxylic acids is 3. The van der Waals surface area contributed by atoms with Crippen molar-refractivity contribution in [1.82, 2.24) is 0 Å². The summed E-state index contributed by atoms with van der Waals surface area (Å²) in [6, 6.07) is 0. The Hall–Kier alpha value is -0.780. The fourth-order valence-electron chi connectivity index (χ4n) is 6.99. The minimum Gasteiger partial charge on any atom is -0.389 e. The summed E-state index contributed by atoms with van der Waals surface area (Å²) in [4.78, 5) is 36.1. The number of carbonyl (C=O) groups is 3. The van der Waals surface area contributed by atoms with E-state index in [0.29, 0.717) is 19.3 Å². The summed E-state index contributed by atoms with van der Waals surface area (Å²) in [6.45, 7) is 3.11. The van der Waals surface area contributed by atoms with E-state index in [1.54, 1.807) is 6.92 Å². The lowest BCUT2D eigenvalue weighted by atomic mass is 9.45. The number of rotatable bonds is 2. The number of aliphatic hydroxyl groups excluding tert-OH is 1. The van der Waals surface area contributed by atoms with Gasteiger partial charge in [0.15, 0.2) is 17.3 Å². The molecule has 0 aliphatic heterocycles. The Balaban J connectivity index is 1.84. The maximum Gasteiger partial charge on any atom is 0.163 e. The molecule has 1 N–H and O–H groups in total. The molecule has 3 saturated carbocycles. The van der Waals surface area contributed by atoms with Gasteiger partial charge in [-0.3, -0.25) is 14.4 Å². The molecule has 0 heterocycles. The van der Waals surface area contributed by atoms with Crippen LogP contribution in [0, 0.1) is 28.6 Å². The van der Waals surface area contributed by atoms with E-state index in [4.69, 9.17) is 23.2 Å². The number of hydrogen-bond acceptors (Lipinski definition) is 4. The lowest BCUT2D eigenvalue weighted by Crippen LogP contribution is -2.69. The Bertz CT molecular complexity index is 797. The highest BCUT2D eigenvalue weighted by Gasteiger charge is 2.73. The summed E-state index contributed by atoms with van der Waals surface area (Å²) < 4.78 is 15.3. The van der Waals surface area contributed by atoms with Crippen LogP contribution in [-0.4, -0.2) is 45.5 Å². The predicted molar refractivity (Wildman–Crippen MR) is 103 cm³/mol. The average Bonchev–Trinajstić information content (AvgIpc) is 2.96. The number of halogens is 3. The van der Waals surface area contributed by atoms with Crippen LogP contribution in [0.15, 0.2) is 11.6 Å². The van der Waals surface area contributed by atoms with Gasteiger partial charge in [-0.15, -0.1) is 23.2 Å². The number of alkyl halides is 3. The molecular weight excluding hydrogens is 406 g/mol. The minimum atomic E-state index is -1.44. The molecule has 2 unspecified atom stereocenters. The van der Waals surface area contributed by atoms with Crippen molar-refractivity contribution >= 4 is 40.6 Å². The fourth-order valence-corrected chi connectivity index (χ4v) is 8.24. The van der Waals surface area contributed by atoms with Gasteiger partial charge >= 0.3 is 0 Å². The Morgan fingerprint density at radius 1 is 1.29 bits per heavy atom. The molecule has 4 aliphatic carbocycles. The van der Waals surface area contributed by atoms with Gasteiger partial charge < -0.3 is 5.11 Å². The molecule has 0 spiro atoms. The molecule has 4 rings (SSSR count). The van der Waals surface area contributed by atoms with Crippen molar-refractivity contribution in [1.29, 1.82) is 0 Å². The summed E-state index contributed by atoms with van der Waals surface area (Å²) in [5.74, 6) is -1.76. The van der Waals surface area contributed by atoms with E-state index >= 15 is 4.39 Å². The van der Waals surface area contributed by atoms with Gasteiger partial charge in [0.1, 0.15) is 12.8 Å². The lowest BCUT2D eigenvalue weighted by Gasteiger charge is -2.63. The van der Waals surface area contributed by atoms with Crippen LogP contribution < -0.4 is 0 Å². The first kappa shape index (κ1) is 20.5. The zero-order valence-electron chi connectivity index (χ0n) is 16.0. The van der Waals surface area contributed by atoms with Gasteiger partial charge in [0, 0.05) is 5.92 Å². The number of allylic oxidation sites excluding steroid dienone is 1. The third kappa shape index (κ3) is 2.30. The van der Waals surface area contributed by atoms with Crippen molar-refractivity contribution < 1.29 is 23.9 Å². The predicted octanol–water partition coefficient (Wildman–Crippen LogP) is 3.40. The first-order valence-electron chi connectivity index (χ1n) is 9.90. The summed E-state index contributed by atoms with van der Waals surface area (Å²) >= 11 is 14.1. The summed E-state index contributed by atoms with van der Waals surface area (Å²) in [7, 11) is 0. The SMILES string of the molecule is C[C@]12CC(Cl)[C@@]3(Cl)[C@@H](CC(F)C4=CC(=O)CC(=O)[C@@]43C)[C@@H]1CC[C@@H]2C(=O)CO. The Kier molecular flexibility index (Phi) is 4.65. The highest BCUT2D eigenvalue weighted by Crippen LogP contribution is 2.71. The molecule has 0 aromatic heterocycles. The highest BCUT2D eigenvalue weighted by atomic mass is 35.5. The normalized spacial score (nSPS) is 50.5. The summed E-state index contributed by atoms with van der Waals surface area (Å²) in [5, 5.41) is 8.73. The van der Waals surface area contributed by atoms with E-state index in [-0.39, 0.29) is 53.5 Å². The minimum absolute atomic E-state index is 0.0671. The molecule has 0 bridgehead atoms. The van der Waals surface area contributed by atoms with Gasteiger partial charge in [-0.25, -0.2) is 4.39 Å². The van der Waals surface area contributed by atoms with E-state index in [1.807, 2.05) is 6.92 Å². The molecule has 4 aliphatic rings. The molecule has 0 saturated heterocycles. The van der Waals surface area contributed by atoms with E-state index < -0.39 is 33.9 Å². The van der Waals surface area contributed by atoms with Crippen molar-refractivity contribution in [2.45, 2.75) is 62.4 Å². The molecular formula is C21H25Cl2FO4. The van der Waals surface area contributed by atoms with E-state index in [9.17, 15) is 19.5 Å². The van der Waals surface area contributed by atoms with Crippen molar-refractivity contribution in [2.75, 3.05) is 6.61 Å². The second-order valence-corrected chi connectivity index (χ2v) is 10.6. The maximum absolute atomic E-state index is 15.3. The van der Waals surface area contributed by atoms with Crippen molar-refractivity contribution in [3.8, 4) is 0 Å². The number of ketones is 3. The zero-order chi connectivity index (χ0) is 20.6. The van der Waals surface area contributed by atoms with Crippen LogP contribution in [0.25, 0.3) is 0 Å². The monoisotopic (exact) mass is 430 g/mol. The van der Waals surface area contributed by atoms with Gasteiger partial charge in [-0.05, 0) is 61.5 Å². The summed E-state index contributed by atoms with van der Waals surface area (Å²) in [5.41, 5.74) is -1.66. The van der Waals surface area contributed by atoms with Gasteiger partial charge in [0.25, 0.3) is 0 Å². The van der Waals surface area contributed by atoms with Crippen LogP contribution in [0.3, 0.4) is 0 Å². The molecule has 4 nitrogen and oxygen atoms in total. The molecule has 28 heavy (non-hydrogen) atoms. The quantitative estimate of drug-likeness (QED) is 0.538. The van der Waals surface area contributed by atoms with Gasteiger partial charge in [0.05, 0.1) is 22.1 Å². The number of hydrogen-bond donors (Lipinski definition) is 1. The molecule has 8 atom stereocenters. The van der Waals surface area contributed by atoms with Gasteiger partial charge in [-0.1, -0.05) is 6.92 Å². The van der Waals surface area contributed by atoms with E-state index in [2.05, 4.69) is 0 Å². The number of Topliss-reactive ketones (excluding diaryl/α,β-unsaturated/α-hetero) is 2. The summed E-state index contributed by atoms with van der Waals surface area (Å²) in [6.07, 6.45) is 1.34. The smallest absolute Gasteiger partial charge is 0.163 e. The van der Waals surface area contributed by atoms with Crippen LogP contribution >= 0.6 is 23.2 Å². The van der Waals surface area contributed by atoms with Crippen LogP contribution in [0.2, 0.25) is 0 Å². The van der Waals surface area contributed by atoms with E-state index in [1.165, 1.54) is 6.08 Å². The van der Waals surface area contributed by atoms with Crippen LogP contribution in [0.5, 0.6) is 0 Å². The van der Waals surface area contributed by atoms with Crippen LogP contribution in [0.4, 0.5) is 4.39 Å². The van der Waals surface area contributed by atoms with E-state index in [0.717, 1.165) is 0 Å². The molecule has 0 aromatic rings. The van der Waals surface area contributed by atoms with Crippen LogP contribution in [0.1, 0.15) is 46.0 Å². The lowest BCUT2D eigenvalue weighted by molar-refractivity contribution is -0.142. The van der Waals surface area contributed by atoms with Crippen molar-refractivity contribution in [3.05, 3.63) is 11.6 Å². The third-order valence-electron chi connectivity index (χ3n) is 8.41. The first-order chi connectivity index (χ1) is 13.0. The largest absolute Gasteiger partial charge is 0.389 e. The topological polar surface area (TPSA) is 71.4 Å². The van der Waals surface area contributed by atoms with Gasteiger partial charge in [-0.2, -0.15) is 0 Å². The third-order valence-corrected chi connectivity index (χ3v) is 9.94. The molecule has 0 aromatic carbocycles. The highest BCUT2D eigenvalue weighted by molar-refractivity contribution is 6.35. The standard InChI is InChI=1S/C21H25Cl2FO4/c1-19-8-17(22)21(23)13(11(19)3-4-12(19)16(27)9-25)7-15(24)14-5-10(26)6-18(28)20(14,21)2/h5,11-13,15,17,25H,3-4,6-9H2,1-2H3/t11-,12+,13-,15?,17?,19-,20+,21-/m0/s1. The molecule has 154 valence electrons. The molecule has 0 radical (unpaired) electrons. The van der Waals surface area contributed by atoms with Crippen molar-refractivity contribution in [3.63, 3.8) is 0 Å². The maximum atomic E-state index is 15.3. The average molecular weight is 431 g/mol. The molecule has 0 amide bonds. The second-order valence-electron chi connectivity index (χ2n) is 9.41.